The van der Waals surface area contributed by atoms with Gasteiger partial charge in [-0.1, -0.05) is 0 Å². The van der Waals surface area contributed by atoms with E-state index >= 15 is 0 Å². The summed E-state index contributed by atoms with van der Waals surface area (Å²) in [4.78, 5) is 16.4. The minimum Gasteiger partial charge on any atom is -0.381 e. The summed E-state index contributed by atoms with van der Waals surface area (Å²) in [6, 6.07) is 0.390. The first-order chi connectivity index (χ1) is 9.09. The van der Waals surface area contributed by atoms with Gasteiger partial charge in [-0.05, 0) is 39.5 Å². The van der Waals surface area contributed by atoms with Crippen LogP contribution in [0, 0.1) is 5.92 Å². The molecular weight excluding hydrogens is 242 g/mol. The van der Waals surface area contributed by atoms with E-state index in [9.17, 15) is 4.79 Å². The molecule has 2 rings (SSSR count). The van der Waals surface area contributed by atoms with E-state index in [0.29, 0.717) is 11.7 Å². The fraction of sp³-hybridized carbons (Fsp3) is 0.714. The minimum atomic E-state index is -0.0450. The van der Waals surface area contributed by atoms with Crippen molar-refractivity contribution in [2.75, 3.05) is 18.5 Å². The molecule has 1 unspecified atom stereocenters. The second-order valence-corrected chi connectivity index (χ2v) is 5.46. The summed E-state index contributed by atoms with van der Waals surface area (Å²) < 4.78 is 7.07. The molecule has 1 atom stereocenters. The summed E-state index contributed by atoms with van der Waals surface area (Å²) in [5.41, 5.74) is -0.0450. The van der Waals surface area contributed by atoms with Gasteiger partial charge in [-0.3, -0.25) is 4.79 Å². The van der Waals surface area contributed by atoms with E-state index < -0.39 is 0 Å². The highest BCUT2D eigenvalue weighted by Crippen LogP contribution is 2.20. The number of nitrogens with zero attached hydrogens (tertiary/aromatic N) is 2. The quantitative estimate of drug-likeness (QED) is 0.905. The SMILES string of the molecule is CC(Nc1nccn(C(C)C)c1=O)C1CCOCC1. The molecule has 1 aromatic heterocycles. The number of nitrogens with one attached hydrogen (secondary N) is 1. The van der Waals surface area contributed by atoms with Gasteiger partial charge in [0.1, 0.15) is 0 Å². The molecule has 2 heterocycles. The van der Waals surface area contributed by atoms with E-state index in [1.54, 1.807) is 17.0 Å². The van der Waals surface area contributed by atoms with Crippen LogP contribution in [-0.4, -0.2) is 28.8 Å². The normalized spacial score (nSPS) is 18.5. The van der Waals surface area contributed by atoms with E-state index in [4.69, 9.17) is 4.74 Å². The fourth-order valence-electron chi connectivity index (χ4n) is 2.48. The third-order valence-electron chi connectivity index (χ3n) is 3.76. The Kier molecular flexibility index (Phi) is 4.58. The maximum absolute atomic E-state index is 12.2. The maximum Gasteiger partial charge on any atom is 0.293 e. The van der Waals surface area contributed by atoms with Crippen LogP contribution in [0.3, 0.4) is 0 Å². The van der Waals surface area contributed by atoms with Gasteiger partial charge in [0, 0.05) is 37.7 Å². The fourth-order valence-corrected chi connectivity index (χ4v) is 2.48. The average molecular weight is 265 g/mol. The van der Waals surface area contributed by atoms with Gasteiger partial charge in [0.15, 0.2) is 5.82 Å². The molecule has 0 amide bonds. The van der Waals surface area contributed by atoms with Gasteiger partial charge >= 0.3 is 0 Å². The van der Waals surface area contributed by atoms with Crippen molar-refractivity contribution in [3.8, 4) is 0 Å². The second-order valence-electron chi connectivity index (χ2n) is 5.46. The Hall–Kier alpha value is -1.36. The minimum absolute atomic E-state index is 0.0450. The molecule has 0 saturated carbocycles. The molecule has 1 aromatic rings. The predicted octanol–water partition coefficient (Wildman–Crippen LogP) is 2.05. The summed E-state index contributed by atoms with van der Waals surface area (Å²) in [5, 5.41) is 3.28. The van der Waals surface area contributed by atoms with Crippen LogP contribution in [0.1, 0.15) is 39.7 Å². The lowest BCUT2D eigenvalue weighted by Crippen LogP contribution is -2.35. The van der Waals surface area contributed by atoms with E-state index in [2.05, 4.69) is 17.2 Å². The molecule has 1 aliphatic heterocycles. The van der Waals surface area contributed by atoms with Crippen molar-refractivity contribution >= 4 is 5.82 Å². The number of anilines is 1. The van der Waals surface area contributed by atoms with Crippen LogP contribution < -0.4 is 10.9 Å². The average Bonchev–Trinajstić information content (AvgIpc) is 2.41. The molecule has 19 heavy (non-hydrogen) atoms. The molecular formula is C14H23N3O2. The van der Waals surface area contributed by atoms with Gasteiger partial charge in [0.2, 0.25) is 0 Å². The maximum atomic E-state index is 12.2. The van der Waals surface area contributed by atoms with Gasteiger partial charge in [-0.15, -0.1) is 0 Å². The number of ether oxygens (including phenoxy) is 1. The number of rotatable bonds is 4. The van der Waals surface area contributed by atoms with Gasteiger partial charge in [0.25, 0.3) is 5.56 Å². The summed E-state index contributed by atoms with van der Waals surface area (Å²) >= 11 is 0. The van der Waals surface area contributed by atoms with E-state index in [-0.39, 0.29) is 17.6 Å². The molecule has 1 aliphatic rings. The number of aromatic nitrogens is 2. The monoisotopic (exact) mass is 265 g/mol. The molecule has 1 fully saturated rings. The van der Waals surface area contributed by atoms with Crippen molar-refractivity contribution in [3.05, 3.63) is 22.7 Å². The number of hydrogen-bond acceptors (Lipinski definition) is 4. The molecule has 0 bridgehead atoms. The molecule has 5 nitrogen and oxygen atoms in total. The third kappa shape index (κ3) is 3.35. The molecule has 5 heteroatoms. The van der Waals surface area contributed by atoms with Gasteiger partial charge < -0.3 is 14.6 Å². The van der Waals surface area contributed by atoms with Crippen LogP contribution >= 0.6 is 0 Å². The van der Waals surface area contributed by atoms with Crippen LogP contribution in [0.25, 0.3) is 0 Å². The van der Waals surface area contributed by atoms with Gasteiger partial charge in [0.05, 0.1) is 0 Å². The molecule has 0 aromatic carbocycles. The summed E-state index contributed by atoms with van der Waals surface area (Å²) in [5.74, 6) is 0.998. The first-order valence-corrected chi connectivity index (χ1v) is 7.01. The molecule has 1 N–H and O–H groups in total. The standard InChI is InChI=1S/C14H23N3O2/c1-10(2)17-7-6-15-13(14(17)18)16-11(3)12-4-8-19-9-5-12/h6-7,10-12H,4-5,8-9H2,1-3H3,(H,15,16). The van der Waals surface area contributed by atoms with Crippen LogP contribution in [0.4, 0.5) is 5.82 Å². The zero-order chi connectivity index (χ0) is 13.8. The van der Waals surface area contributed by atoms with Crippen molar-refractivity contribution in [2.24, 2.45) is 5.92 Å². The highest BCUT2D eigenvalue weighted by Gasteiger charge is 2.21. The van der Waals surface area contributed by atoms with Crippen LogP contribution in [0.15, 0.2) is 17.2 Å². The first-order valence-electron chi connectivity index (χ1n) is 7.01. The van der Waals surface area contributed by atoms with Crippen molar-refractivity contribution in [3.63, 3.8) is 0 Å². The Bertz CT molecular complexity index is 464. The van der Waals surface area contributed by atoms with Crippen LogP contribution in [0.2, 0.25) is 0 Å². The van der Waals surface area contributed by atoms with Crippen LogP contribution in [0.5, 0.6) is 0 Å². The Balaban J connectivity index is 2.10. The molecule has 1 saturated heterocycles. The summed E-state index contributed by atoms with van der Waals surface area (Å²) in [6.07, 6.45) is 5.50. The lowest BCUT2D eigenvalue weighted by atomic mass is 9.93. The molecule has 0 radical (unpaired) electrons. The zero-order valence-corrected chi connectivity index (χ0v) is 11.9. The zero-order valence-electron chi connectivity index (χ0n) is 11.9. The van der Waals surface area contributed by atoms with Crippen molar-refractivity contribution in [1.29, 1.82) is 0 Å². The third-order valence-corrected chi connectivity index (χ3v) is 3.76. The van der Waals surface area contributed by atoms with Gasteiger partial charge in [-0.25, -0.2) is 4.98 Å². The van der Waals surface area contributed by atoms with E-state index in [1.165, 1.54) is 0 Å². The Morgan fingerprint density at radius 3 is 2.68 bits per heavy atom. The molecule has 0 aliphatic carbocycles. The molecule has 0 spiro atoms. The first kappa shape index (κ1) is 14.1. The summed E-state index contributed by atoms with van der Waals surface area (Å²) in [7, 11) is 0. The largest absolute Gasteiger partial charge is 0.381 e. The van der Waals surface area contributed by atoms with Crippen molar-refractivity contribution in [1.82, 2.24) is 9.55 Å². The van der Waals surface area contributed by atoms with Crippen LogP contribution in [-0.2, 0) is 4.74 Å². The highest BCUT2D eigenvalue weighted by atomic mass is 16.5. The highest BCUT2D eigenvalue weighted by molar-refractivity contribution is 5.32. The lowest BCUT2D eigenvalue weighted by Gasteiger charge is -2.28. The Morgan fingerprint density at radius 2 is 2.05 bits per heavy atom. The summed E-state index contributed by atoms with van der Waals surface area (Å²) in [6.45, 7) is 7.73. The van der Waals surface area contributed by atoms with E-state index in [0.717, 1.165) is 26.1 Å². The Labute approximate surface area is 114 Å². The second kappa shape index (κ2) is 6.19. The topological polar surface area (TPSA) is 56.2 Å². The molecule has 106 valence electrons. The van der Waals surface area contributed by atoms with Crippen molar-refractivity contribution in [2.45, 2.75) is 45.7 Å². The van der Waals surface area contributed by atoms with Crippen molar-refractivity contribution < 1.29 is 4.74 Å². The number of hydrogen-bond donors (Lipinski definition) is 1. The van der Waals surface area contributed by atoms with Gasteiger partial charge in [-0.2, -0.15) is 0 Å². The predicted molar refractivity (Wildman–Crippen MR) is 75.5 cm³/mol. The lowest BCUT2D eigenvalue weighted by molar-refractivity contribution is 0.0622. The van der Waals surface area contributed by atoms with E-state index in [1.807, 2.05) is 13.8 Å². The Morgan fingerprint density at radius 1 is 1.37 bits per heavy atom. The smallest absolute Gasteiger partial charge is 0.293 e.